The van der Waals surface area contributed by atoms with E-state index >= 15 is 0 Å². The number of carboxylic acids is 1. The minimum atomic E-state index is -0.837. The summed E-state index contributed by atoms with van der Waals surface area (Å²) in [5, 5.41) is 12.4. The van der Waals surface area contributed by atoms with Crippen LogP contribution < -0.4 is 5.32 Å². The van der Waals surface area contributed by atoms with Gasteiger partial charge >= 0.3 is 5.97 Å². The van der Waals surface area contributed by atoms with E-state index < -0.39 is 5.97 Å². The van der Waals surface area contributed by atoms with Gasteiger partial charge in [0.25, 0.3) is 0 Å². The van der Waals surface area contributed by atoms with Crippen LogP contribution >= 0.6 is 0 Å². The first-order chi connectivity index (χ1) is 8.66. The Kier molecular flexibility index (Phi) is 4.33. The van der Waals surface area contributed by atoms with Gasteiger partial charge in [-0.25, -0.2) is 4.79 Å². The summed E-state index contributed by atoms with van der Waals surface area (Å²) in [6.45, 7) is 7.10. The summed E-state index contributed by atoms with van der Waals surface area (Å²) in [6.07, 6.45) is 0.917. The second-order valence-electron chi connectivity index (χ2n) is 4.80. The van der Waals surface area contributed by atoms with Gasteiger partial charge in [0.1, 0.15) is 0 Å². The van der Waals surface area contributed by atoms with E-state index in [-0.39, 0.29) is 0 Å². The Bertz CT molecular complexity index is 426. The molecule has 1 aliphatic rings. The van der Waals surface area contributed by atoms with Gasteiger partial charge in [0, 0.05) is 32.7 Å². The number of aromatic carboxylic acids is 1. The van der Waals surface area contributed by atoms with Gasteiger partial charge in [-0.3, -0.25) is 0 Å². The van der Waals surface area contributed by atoms with Gasteiger partial charge in [-0.1, -0.05) is 12.1 Å². The highest BCUT2D eigenvalue weighted by Crippen LogP contribution is 2.12. The highest BCUT2D eigenvalue weighted by molar-refractivity contribution is 5.89. The lowest BCUT2D eigenvalue weighted by atomic mass is 10.0. The van der Waals surface area contributed by atoms with E-state index in [1.807, 2.05) is 19.1 Å². The van der Waals surface area contributed by atoms with E-state index in [0.29, 0.717) is 5.56 Å². The Labute approximate surface area is 108 Å². The number of hydrogen-bond donors (Lipinski definition) is 2. The first-order valence-electron chi connectivity index (χ1n) is 6.43. The lowest BCUT2D eigenvalue weighted by Gasteiger charge is -2.27. The standard InChI is InChI=1S/C14H20N2O2/c1-11-2-3-12(10-13(11)14(17)18)4-7-16-8-5-15-6-9-16/h2-3,10,15H,4-9H2,1H3,(H,17,18). The minimum Gasteiger partial charge on any atom is -0.478 e. The fraction of sp³-hybridized carbons (Fsp3) is 0.500. The normalized spacial score (nSPS) is 16.7. The zero-order chi connectivity index (χ0) is 13.0. The molecular weight excluding hydrogens is 228 g/mol. The zero-order valence-corrected chi connectivity index (χ0v) is 10.8. The van der Waals surface area contributed by atoms with Crippen molar-refractivity contribution in [2.75, 3.05) is 32.7 Å². The van der Waals surface area contributed by atoms with E-state index in [4.69, 9.17) is 5.11 Å². The fourth-order valence-electron chi connectivity index (χ4n) is 2.28. The van der Waals surface area contributed by atoms with Crippen molar-refractivity contribution in [1.82, 2.24) is 10.2 Å². The predicted molar refractivity (Wildman–Crippen MR) is 71.2 cm³/mol. The van der Waals surface area contributed by atoms with Crippen molar-refractivity contribution < 1.29 is 9.90 Å². The Morgan fingerprint density at radius 1 is 1.39 bits per heavy atom. The molecule has 0 aromatic heterocycles. The molecular formula is C14H20N2O2. The molecule has 18 heavy (non-hydrogen) atoms. The molecule has 98 valence electrons. The quantitative estimate of drug-likeness (QED) is 0.839. The number of carboxylic acid groups (broad SMARTS) is 1. The molecule has 0 unspecified atom stereocenters. The van der Waals surface area contributed by atoms with Crippen molar-refractivity contribution in [3.63, 3.8) is 0 Å². The summed E-state index contributed by atoms with van der Waals surface area (Å²) < 4.78 is 0. The number of rotatable bonds is 4. The van der Waals surface area contributed by atoms with Gasteiger partial charge in [-0.15, -0.1) is 0 Å². The van der Waals surface area contributed by atoms with Crippen LogP contribution in [0.2, 0.25) is 0 Å². The Morgan fingerprint density at radius 3 is 2.78 bits per heavy atom. The van der Waals surface area contributed by atoms with Gasteiger partial charge < -0.3 is 15.3 Å². The smallest absolute Gasteiger partial charge is 0.335 e. The second-order valence-corrected chi connectivity index (χ2v) is 4.80. The SMILES string of the molecule is Cc1ccc(CCN2CCNCC2)cc1C(=O)O. The number of nitrogens with zero attached hydrogens (tertiary/aromatic N) is 1. The molecule has 1 fully saturated rings. The number of benzene rings is 1. The molecule has 0 aliphatic carbocycles. The summed E-state index contributed by atoms with van der Waals surface area (Å²) >= 11 is 0. The van der Waals surface area contributed by atoms with Crippen LogP contribution in [0.5, 0.6) is 0 Å². The summed E-state index contributed by atoms with van der Waals surface area (Å²) in [4.78, 5) is 13.5. The largest absolute Gasteiger partial charge is 0.478 e. The van der Waals surface area contributed by atoms with E-state index in [9.17, 15) is 4.79 Å². The summed E-state index contributed by atoms with van der Waals surface area (Å²) in [7, 11) is 0. The number of nitrogens with one attached hydrogen (secondary N) is 1. The Balaban J connectivity index is 1.96. The minimum absolute atomic E-state index is 0.424. The maximum Gasteiger partial charge on any atom is 0.335 e. The van der Waals surface area contributed by atoms with Crippen LogP contribution in [-0.4, -0.2) is 48.7 Å². The molecule has 4 nitrogen and oxygen atoms in total. The fourth-order valence-corrected chi connectivity index (χ4v) is 2.28. The monoisotopic (exact) mass is 248 g/mol. The maximum atomic E-state index is 11.1. The molecule has 0 radical (unpaired) electrons. The van der Waals surface area contributed by atoms with E-state index in [0.717, 1.165) is 50.3 Å². The van der Waals surface area contributed by atoms with Crippen LogP contribution in [-0.2, 0) is 6.42 Å². The molecule has 1 aromatic carbocycles. The van der Waals surface area contributed by atoms with Crippen LogP contribution in [0.4, 0.5) is 0 Å². The van der Waals surface area contributed by atoms with Crippen molar-refractivity contribution in [2.24, 2.45) is 0 Å². The second kappa shape index (κ2) is 5.98. The van der Waals surface area contributed by atoms with Crippen molar-refractivity contribution in [1.29, 1.82) is 0 Å². The molecule has 1 heterocycles. The molecule has 4 heteroatoms. The highest BCUT2D eigenvalue weighted by atomic mass is 16.4. The predicted octanol–water partition coefficient (Wildman–Crippen LogP) is 1.14. The summed E-state index contributed by atoms with van der Waals surface area (Å²) in [5.74, 6) is -0.837. The van der Waals surface area contributed by atoms with Gasteiger partial charge in [-0.2, -0.15) is 0 Å². The maximum absolute atomic E-state index is 11.1. The third kappa shape index (κ3) is 3.31. The molecule has 2 rings (SSSR count). The van der Waals surface area contributed by atoms with Crippen LogP contribution in [0.15, 0.2) is 18.2 Å². The molecule has 1 saturated heterocycles. The molecule has 2 N–H and O–H groups in total. The number of carbonyl (C=O) groups is 1. The molecule has 0 atom stereocenters. The number of hydrogen-bond acceptors (Lipinski definition) is 3. The molecule has 0 spiro atoms. The van der Waals surface area contributed by atoms with Crippen molar-refractivity contribution in [3.8, 4) is 0 Å². The number of aryl methyl sites for hydroxylation is 1. The average Bonchev–Trinajstić information content (AvgIpc) is 2.38. The third-order valence-corrected chi connectivity index (χ3v) is 3.46. The Morgan fingerprint density at radius 2 is 2.11 bits per heavy atom. The molecule has 0 bridgehead atoms. The van der Waals surface area contributed by atoms with Crippen molar-refractivity contribution in [3.05, 3.63) is 34.9 Å². The van der Waals surface area contributed by atoms with E-state index in [2.05, 4.69) is 10.2 Å². The third-order valence-electron chi connectivity index (χ3n) is 3.46. The first kappa shape index (κ1) is 13.1. The van der Waals surface area contributed by atoms with Crippen LogP contribution in [0, 0.1) is 6.92 Å². The van der Waals surface area contributed by atoms with Crippen LogP contribution in [0.25, 0.3) is 0 Å². The van der Waals surface area contributed by atoms with Crippen LogP contribution in [0.1, 0.15) is 21.5 Å². The molecule has 1 aromatic rings. The highest BCUT2D eigenvalue weighted by Gasteiger charge is 2.11. The summed E-state index contributed by atoms with van der Waals surface area (Å²) in [6, 6.07) is 5.74. The van der Waals surface area contributed by atoms with Gasteiger partial charge in [-0.05, 0) is 30.5 Å². The average molecular weight is 248 g/mol. The van der Waals surface area contributed by atoms with Crippen LogP contribution in [0.3, 0.4) is 0 Å². The lowest BCUT2D eigenvalue weighted by Crippen LogP contribution is -2.44. The van der Waals surface area contributed by atoms with E-state index in [1.54, 1.807) is 6.07 Å². The van der Waals surface area contributed by atoms with Crippen molar-refractivity contribution in [2.45, 2.75) is 13.3 Å². The molecule has 0 amide bonds. The van der Waals surface area contributed by atoms with Crippen molar-refractivity contribution >= 4 is 5.97 Å². The van der Waals surface area contributed by atoms with Gasteiger partial charge in [0.2, 0.25) is 0 Å². The summed E-state index contributed by atoms with van der Waals surface area (Å²) in [5.41, 5.74) is 2.36. The van der Waals surface area contributed by atoms with Gasteiger partial charge in [0.15, 0.2) is 0 Å². The van der Waals surface area contributed by atoms with Gasteiger partial charge in [0.05, 0.1) is 5.56 Å². The first-order valence-corrected chi connectivity index (χ1v) is 6.43. The Hall–Kier alpha value is -1.39. The number of piperazine rings is 1. The molecule has 0 saturated carbocycles. The van der Waals surface area contributed by atoms with E-state index in [1.165, 1.54) is 0 Å². The topological polar surface area (TPSA) is 52.6 Å². The lowest BCUT2D eigenvalue weighted by molar-refractivity contribution is 0.0696. The zero-order valence-electron chi connectivity index (χ0n) is 10.8. The molecule has 1 aliphatic heterocycles.